The maximum atomic E-state index is 12.4. The second-order valence-electron chi connectivity index (χ2n) is 6.95. The van der Waals surface area contributed by atoms with E-state index in [1.165, 1.54) is 19.3 Å². The fraction of sp³-hybridized carbons (Fsp3) is 0.389. The van der Waals surface area contributed by atoms with Gasteiger partial charge in [0.25, 0.3) is 5.56 Å². The molecule has 122 valence electrons. The van der Waals surface area contributed by atoms with Gasteiger partial charge in [-0.05, 0) is 49.7 Å². The van der Waals surface area contributed by atoms with Gasteiger partial charge in [0.15, 0.2) is 5.65 Å². The van der Waals surface area contributed by atoms with E-state index in [9.17, 15) is 4.79 Å². The summed E-state index contributed by atoms with van der Waals surface area (Å²) in [5.41, 5.74) is 1.34. The third-order valence-corrected chi connectivity index (χ3v) is 5.32. The van der Waals surface area contributed by atoms with Gasteiger partial charge in [0, 0.05) is 6.04 Å². The van der Waals surface area contributed by atoms with Crippen LogP contribution in [0.1, 0.15) is 25.7 Å². The lowest BCUT2D eigenvalue weighted by Crippen LogP contribution is -2.26. The first-order valence-corrected chi connectivity index (χ1v) is 8.58. The highest BCUT2D eigenvalue weighted by molar-refractivity contribution is 5.76. The van der Waals surface area contributed by atoms with E-state index < -0.39 is 0 Å². The molecule has 3 unspecified atom stereocenters. The Morgan fingerprint density at radius 1 is 1.12 bits per heavy atom. The Morgan fingerprint density at radius 3 is 2.83 bits per heavy atom. The van der Waals surface area contributed by atoms with Crippen LogP contribution in [0.2, 0.25) is 0 Å². The van der Waals surface area contributed by atoms with E-state index in [2.05, 4.69) is 20.4 Å². The first kappa shape index (κ1) is 13.8. The van der Waals surface area contributed by atoms with Crippen molar-refractivity contribution in [1.29, 1.82) is 0 Å². The molecule has 0 radical (unpaired) electrons. The maximum absolute atomic E-state index is 12.4. The molecule has 3 aromatic rings. The summed E-state index contributed by atoms with van der Waals surface area (Å²) in [7, 11) is 0. The average molecular weight is 321 g/mol. The zero-order chi connectivity index (χ0) is 16.1. The lowest BCUT2D eigenvalue weighted by atomic mass is 9.96. The van der Waals surface area contributed by atoms with Crippen molar-refractivity contribution in [3.05, 3.63) is 46.9 Å². The Morgan fingerprint density at radius 2 is 2.00 bits per heavy atom. The van der Waals surface area contributed by atoms with Crippen molar-refractivity contribution in [3.63, 3.8) is 0 Å². The molecule has 1 aromatic carbocycles. The largest absolute Gasteiger partial charge is 0.353 e. The molecule has 3 atom stereocenters. The number of aromatic amines is 1. The Balaban J connectivity index is 1.52. The van der Waals surface area contributed by atoms with E-state index >= 15 is 0 Å². The van der Waals surface area contributed by atoms with Gasteiger partial charge in [0.1, 0.15) is 5.39 Å². The van der Waals surface area contributed by atoms with Crippen LogP contribution in [0.4, 0.5) is 5.95 Å². The molecular formula is C18H19N5O. The van der Waals surface area contributed by atoms with E-state index in [1.807, 2.05) is 30.3 Å². The smallest absolute Gasteiger partial charge is 0.263 e. The number of hydrogen-bond acceptors (Lipinski definition) is 4. The lowest BCUT2D eigenvalue weighted by Gasteiger charge is -2.22. The summed E-state index contributed by atoms with van der Waals surface area (Å²) in [6.07, 6.45) is 6.58. The lowest BCUT2D eigenvalue weighted by molar-refractivity contribution is 0.440. The Hall–Kier alpha value is -2.63. The number of rotatable bonds is 3. The molecule has 2 aromatic heterocycles. The molecule has 2 saturated carbocycles. The number of nitrogens with one attached hydrogen (secondary N) is 2. The van der Waals surface area contributed by atoms with E-state index in [1.54, 1.807) is 10.9 Å². The third kappa shape index (κ3) is 2.29. The summed E-state index contributed by atoms with van der Waals surface area (Å²) < 4.78 is 1.72. The van der Waals surface area contributed by atoms with Gasteiger partial charge in [0.05, 0.1) is 11.9 Å². The molecule has 2 fully saturated rings. The van der Waals surface area contributed by atoms with Gasteiger partial charge in [-0.15, -0.1) is 0 Å². The van der Waals surface area contributed by atoms with Gasteiger partial charge in [-0.2, -0.15) is 10.1 Å². The van der Waals surface area contributed by atoms with Crippen molar-refractivity contribution < 1.29 is 0 Å². The third-order valence-electron chi connectivity index (χ3n) is 5.32. The first-order valence-electron chi connectivity index (χ1n) is 8.58. The zero-order valence-corrected chi connectivity index (χ0v) is 13.3. The summed E-state index contributed by atoms with van der Waals surface area (Å²) in [6.45, 7) is 0. The zero-order valence-electron chi connectivity index (χ0n) is 13.3. The molecule has 2 heterocycles. The molecule has 5 rings (SSSR count). The first-order chi connectivity index (χ1) is 11.8. The number of fused-ring (bicyclic) bond motifs is 2. The van der Waals surface area contributed by atoms with Gasteiger partial charge >= 0.3 is 0 Å². The molecule has 0 bridgehead atoms. The number of para-hydroxylation sites is 1. The Kier molecular flexibility index (Phi) is 2.98. The highest BCUT2D eigenvalue weighted by Gasteiger charge is 2.42. The molecule has 0 saturated heterocycles. The standard InChI is InChI=1S/C18H19N5O/c24-17-15-10-19-23(14-4-2-1-3-5-14)16(15)21-18(22-17)20-13-7-6-11-8-12(11)9-13/h1-5,10-13H,6-9H2,(H2,20,21,22,24). The van der Waals surface area contributed by atoms with Crippen LogP contribution in [0.5, 0.6) is 0 Å². The number of hydrogen-bond donors (Lipinski definition) is 2. The average Bonchev–Trinajstić information content (AvgIpc) is 3.24. The molecule has 0 aliphatic heterocycles. The van der Waals surface area contributed by atoms with Crippen LogP contribution in [0.3, 0.4) is 0 Å². The van der Waals surface area contributed by atoms with Crippen molar-refractivity contribution in [2.45, 2.75) is 31.7 Å². The highest BCUT2D eigenvalue weighted by atomic mass is 16.1. The van der Waals surface area contributed by atoms with Gasteiger partial charge in [-0.1, -0.05) is 18.2 Å². The van der Waals surface area contributed by atoms with Crippen molar-refractivity contribution >= 4 is 17.0 Å². The number of benzene rings is 1. The van der Waals surface area contributed by atoms with Crippen LogP contribution >= 0.6 is 0 Å². The molecule has 0 spiro atoms. The maximum Gasteiger partial charge on any atom is 0.263 e. The normalized spacial score (nSPS) is 25.4. The monoisotopic (exact) mass is 321 g/mol. The highest BCUT2D eigenvalue weighted by Crippen LogP contribution is 2.49. The minimum Gasteiger partial charge on any atom is -0.353 e. The van der Waals surface area contributed by atoms with Crippen LogP contribution in [0.15, 0.2) is 41.3 Å². The number of H-pyrrole nitrogens is 1. The number of aromatic nitrogens is 4. The molecule has 2 N–H and O–H groups in total. The SMILES string of the molecule is O=c1[nH]c(NC2CCC3CC3C2)nc2c1cnn2-c1ccccc1. The van der Waals surface area contributed by atoms with E-state index in [0.717, 1.165) is 23.9 Å². The van der Waals surface area contributed by atoms with Gasteiger partial charge < -0.3 is 5.32 Å². The van der Waals surface area contributed by atoms with Crippen LogP contribution in [-0.4, -0.2) is 25.8 Å². The van der Waals surface area contributed by atoms with Crippen molar-refractivity contribution in [2.75, 3.05) is 5.32 Å². The summed E-state index contributed by atoms with van der Waals surface area (Å²) in [5, 5.41) is 8.28. The predicted molar refractivity (Wildman–Crippen MR) is 92.3 cm³/mol. The quantitative estimate of drug-likeness (QED) is 0.778. The summed E-state index contributed by atoms with van der Waals surface area (Å²) >= 11 is 0. The molecular weight excluding hydrogens is 302 g/mol. The van der Waals surface area contributed by atoms with E-state index in [4.69, 9.17) is 0 Å². The van der Waals surface area contributed by atoms with Crippen LogP contribution in [-0.2, 0) is 0 Å². The molecule has 6 nitrogen and oxygen atoms in total. The van der Waals surface area contributed by atoms with Crippen LogP contribution < -0.4 is 10.9 Å². The topological polar surface area (TPSA) is 75.6 Å². The van der Waals surface area contributed by atoms with E-state index in [0.29, 0.717) is 23.0 Å². The molecule has 2 aliphatic rings. The van der Waals surface area contributed by atoms with Crippen LogP contribution in [0, 0.1) is 11.8 Å². The van der Waals surface area contributed by atoms with Gasteiger partial charge in [-0.3, -0.25) is 9.78 Å². The molecule has 6 heteroatoms. The molecule has 2 aliphatic carbocycles. The minimum atomic E-state index is -0.148. The van der Waals surface area contributed by atoms with E-state index in [-0.39, 0.29) is 5.56 Å². The fourth-order valence-electron chi connectivity index (χ4n) is 3.92. The predicted octanol–water partition coefficient (Wildman–Crippen LogP) is 2.71. The van der Waals surface area contributed by atoms with Crippen molar-refractivity contribution in [2.24, 2.45) is 11.8 Å². The Labute approximate surface area is 138 Å². The second kappa shape index (κ2) is 5.19. The summed E-state index contributed by atoms with van der Waals surface area (Å²) in [5.74, 6) is 2.38. The molecule has 24 heavy (non-hydrogen) atoms. The summed E-state index contributed by atoms with van der Waals surface area (Å²) in [4.78, 5) is 19.9. The second-order valence-corrected chi connectivity index (χ2v) is 6.95. The Bertz CT molecular complexity index is 945. The fourth-order valence-corrected chi connectivity index (χ4v) is 3.92. The van der Waals surface area contributed by atoms with Crippen molar-refractivity contribution in [3.8, 4) is 5.69 Å². The summed E-state index contributed by atoms with van der Waals surface area (Å²) in [6, 6.07) is 10.2. The number of nitrogens with zero attached hydrogens (tertiary/aromatic N) is 3. The van der Waals surface area contributed by atoms with Gasteiger partial charge in [-0.25, -0.2) is 4.68 Å². The molecule has 0 amide bonds. The van der Waals surface area contributed by atoms with Gasteiger partial charge in [0.2, 0.25) is 5.95 Å². The number of anilines is 1. The van der Waals surface area contributed by atoms with Crippen molar-refractivity contribution in [1.82, 2.24) is 19.7 Å². The minimum absolute atomic E-state index is 0.148. The van der Waals surface area contributed by atoms with Crippen LogP contribution in [0.25, 0.3) is 16.7 Å².